The molecule has 0 fully saturated rings. The second-order valence-electron chi connectivity index (χ2n) is 0.378. The molecule has 15 heteroatoms. The third-order valence-electron chi connectivity index (χ3n) is 0. The van der Waals surface area contributed by atoms with Gasteiger partial charge in [-0.2, -0.15) is 0 Å². The smallest absolute Gasteiger partial charge is 0.427 e. The molecule has 0 aliphatic rings. The van der Waals surface area contributed by atoms with Crippen LogP contribution in [0.25, 0.3) is 0 Å². The molecule has 0 aromatic carbocycles. The van der Waals surface area contributed by atoms with Crippen LogP contribution in [0.15, 0.2) is 0 Å². The van der Waals surface area contributed by atoms with Gasteiger partial charge in [0.25, 0.3) is 42.1 Å². The van der Waals surface area contributed by atoms with E-state index in [-0.39, 0.29) is 49.6 Å². The van der Waals surface area contributed by atoms with E-state index in [0.717, 1.165) is 0 Å². The molecular formula is H12CoI2O12. The van der Waals surface area contributed by atoms with E-state index in [1.807, 2.05) is 0 Å². The normalized spacial score (nSPS) is 4.80. The van der Waals surface area contributed by atoms with Crippen molar-refractivity contribution < 1.29 is 112 Å². The van der Waals surface area contributed by atoms with Crippen LogP contribution in [0, 0.1) is 0 Å². The molecule has 1 radical (unpaired) electrons. The largest absolute Gasteiger partial charge is 2.00 e. The first-order valence-corrected chi connectivity index (χ1v) is 6.21. The van der Waals surface area contributed by atoms with E-state index >= 15 is 0 Å². The topological polar surface area (TPSA) is 327 Å². The number of halogens is 2. The van der Waals surface area contributed by atoms with Gasteiger partial charge in [-0.25, -0.2) is 0 Å². The summed E-state index contributed by atoms with van der Waals surface area (Å²) in [6.45, 7) is 0. The van der Waals surface area contributed by atoms with Gasteiger partial charge >= 0.3 is 16.8 Å². The minimum atomic E-state index is -4.01. The Labute approximate surface area is 112 Å². The first-order chi connectivity index (χ1) is 3.46. The molecule has 0 rings (SSSR count). The standard InChI is InChI=1S/Co.2IO3.6H2O/c;2*2-1(3)4;;;;;;/h;;;6*1H2/q+2;2*-1;;;;;;. The monoisotopic (exact) mass is 517 g/mol. The molecule has 107 valence electrons. The molecule has 0 aromatic rings. The van der Waals surface area contributed by atoms with Crippen LogP contribution < -0.4 is 62.7 Å². The Bertz CT molecular complexity index is 29.1. The Kier molecular flexibility index (Phi) is 273. The SMILES string of the molecule is O.O.O.O.O.O.[Co+2].[O-][I+2]([O-])[O-].[O-][I+2]([O-])[O-]. The molecule has 12 N–H and O–H groups in total. The maximum atomic E-state index is 8.57. The van der Waals surface area contributed by atoms with Gasteiger partial charge in [0.2, 0.25) is 0 Å². The maximum Gasteiger partial charge on any atom is 2.00 e. The van der Waals surface area contributed by atoms with Gasteiger partial charge in [-0.15, -0.1) is 0 Å². The Morgan fingerprint density at radius 2 is 0.400 bits per heavy atom. The Hall–Kier alpha value is 1.49. The molecule has 0 saturated heterocycles. The summed E-state index contributed by atoms with van der Waals surface area (Å²) in [5.74, 6) is 0. The van der Waals surface area contributed by atoms with Gasteiger partial charge < -0.3 is 53.5 Å². The summed E-state index contributed by atoms with van der Waals surface area (Å²) in [6, 6.07) is 0. The van der Waals surface area contributed by atoms with E-state index < -0.39 is 42.1 Å². The summed E-state index contributed by atoms with van der Waals surface area (Å²) in [4.78, 5) is 0. The molecule has 0 saturated carbocycles. The zero-order valence-electron chi connectivity index (χ0n) is 6.54. The maximum absolute atomic E-state index is 8.57. The Morgan fingerprint density at radius 3 is 0.400 bits per heavy atom. The van der Waals surface area contributed by atoms with Crippen molar-refractivity contribution in [3.05, 3.63) is 0 Å². The minimum absolute atomic E-state index is 0. The second kappa shape index (κ2) is 58.0. The summed E-state index contributed by atoms with van der Waals surface area (Å²) in [5.41, 5.74) is 0. The quantitative estimate of drug-likeness (QED) is 0.281. The molecule has 15 heavy (non-hydrogen) atoms. The molecule has 0 aromatic heterocycles. The molecule has 0 bridgehead atoms. The van der Waals surface area contributed by atoms with Gasteiger partial charge in [0.1, 0.15) is 0 Å². The Balaban J connectivity index is -0.00000000468. The first-order valence-electron chi connectivity index (χ1n) is 0.926. The van der Waals surface area contributed by atoms with Crippen LogP contribution in [-0.2, 0) is 16.8 Å². The molecule has 0 atom stereocenters. The van der Waals surface area contributed by atoms with Crippen molar-refractivity contribution in [1.82, 2.24) is 0 Å². The fourth-order valence-corrected chi connectivity index (χ4v) is 0. The van der Waals surface area contributed by atoms with Gasteiger partial charge in [0.15, 0.2) is 0 Å². The summed E-state index contributed by atoms with van der Waals surface area (Å²) >= 11 is -8.03. The predicted octanol–water partition coefficient (Wildman–Crippen LogP) is -18.1. The van der Waals surface area contributed by atoms with Crippen molar-refractivity contribution in [2.75, 3.05) is 0 Å². The van der Waals surface area contributed by atoms with Crippen LogP contribution in [0.2, 0.25) is 0 Å². The third kappa shape index (κ3) is 1270. The van der Waals surface area contributed by atoms with E-state index in [1.54, 1.807) is 0 Å². The number of rotatable bonds is 0. The van der Waals surface area contributed by atoms with Crippen LogP contribution in [-0.4, -0.2) is 32.9 Å². The Morgan fingerprint density at radius 1 is 0.400 bits per heavy atom. The average molecular weight is 517 g/mol. The van der Waals surface area contributed by atoms with Crippen molar-refractivity contribution >= 4 is 0 Å². The predicted molar refractivity (Wildman–Crippen MR) is 21.7 cm³/mol. The fourth-order valence-electron chi connectivity index (χ4n) is 0. The van der Waals surface area contributed by atoms with E-state index in [0.29, 0.717) is 0 Å². The molecular weight excluding hydrogens is 505 g/mol. The van der Waals surface area contributed by atoms with Gasteiger partial charge in [-0.3, -0.25) is 0 Å². The van der Waals surface area contributed by atoms with Crippen molar-refractivity contribution in [1.29, 1.82) is 0 Å². The molecule has 0 aliphatic carbocycles. The summed E-state index contributed by atoms with van der Waals surface area (Å²) in [7, 11) is 0. The molecule has 0 amide bonds. The van der Waals surface area contributed by atoms with Crippen molar-refractivity contribution in [3.8, 4) is 0 Å². The van der Waals surface area contributed by atoms with Gasteiger partial charge in [-0.05, 0) is 0 Å². The van der Waals surface area contributed by atoms with Crippen molar-refractivity contribution in [3.63, 3.8) is 0 Å². The number of hydrogen-bond acceptors (Lipinski definition) is 6. The molecule has 12 nitrogen and oxygen atoms in total. The van der Waals surface area contributed by atoms with Gasteiger partial charge in [0.05, 0.1) is 0 Å². The second-order valence-corrected chi connectivity index (χ2v) is 2.54. The van der Waals surface area contributed by atoms with Crippen LogP contribution in [0.1, 0.15) is 0 Å². The first kappa shape index (κ1) is 70.5. The summed E-state index contributed by atoms with van der Waals surface area (Å²) in [5, 5.41) is 0. The van der Waals surface area contributed by atoms with Gasteiger partial charge in [-0.1, -0.05) is 0 Å². The van der Waals surface area contributed by atoms with E-state index in [9.17, 15) is 0 Å². The fraction of sp³-hybridized carbons (Fsp3) is 0. The van der Waals surface area contributed by atoms with Crippen molar-refractivity contribution in [2.45, 2.75) is 0 Å². The minimum Gasteiger partial charge on any atom is -0.427 e. The van der Waals surface area contributed by atoms with E-state index in [4.69, 9.17) is 20.6 Å². The van der Waals surface area contributed by atoms with Crippen LogP contribution >= 0.6 is 0 Å². The van der Waals surface area contributed by atoms with Crippen LogP contribution in [0.5, 0.6) is 0 Å². The van der Waals surface area contributed by atoms with Gasteiger partial charge in [0, 0.05) is 0 Å². The molecule has 0 heterocycles. The number of hydrogen-bond donors (Lipinski definition) is 0. The van der Waals surface area contributed by atoms with Crippen molar-refractivity contribution in [2.24, 2.45) is 0 Å². The summed E-state index contributed by atoms with van der Waals surface area (Å²) < 4.78 is 51.4. The molecule has 0 unspecified atom stereocenters. The summed E-state index contributed by atoms with van der Waals surface area (Å²) in [6.07, 6.45) is 0. The van der Waals surface area contributed by atoms with E-state index in [2.05, 4.69) is 0 Å². The zero-order chi connectivity index (χ0) is 7.15. The molecule has 0 spiro atoms. The van der Waals surface area contributed by atoms with Crippen LogP contribution in [0.4, 0.5) is 0 Å². The third-order valence-corrected chi connectivity index (χ3v) is 0. The molecule has 0 aliphatic heterocycles. The average Bonchev–Trinajstić information content (AvgIpc) is 1.25. The van der Waals surface area contributed by atoms with E-state index in [1.165, 1.54) is 0 Å². The van der Waals surface area contributed by atoms with Crippen LogP contribution in [0.3, 0.4) is 0 Å². The zero-order valence-corrected chi connectivity index (χ0v) is 11.9.